The van der Waals surface area contributed by atoms with Gasteiger partial charge in [-0.1, -0.05) is 36.4 Å². The first kappa shape index (κ1) is 19.5. The topological polar surface area (TPSA) is 56.3 Å². The maximum absolute atomic E-state index is 6.28. The number of benzene rings is 2. The Hall–Kier alpha value is -3.47. The first-order valence-corrected chi connectivity index (χ1v) is 10.8. The maximum Gasteiger partial charge on any atom is 0.155 e. The number of fused-ring (bicyclic) bond motifs is 2. The van der Waals surface area contributed by atoms with Gasteiger partial charge in [0.15, 0.2) is 5.82 Å². The van der Waals surface area contributed by atoms with Crippen LogP contribution in [0.5, 0.6) is 5.75 Å². The summed E-state index contributed by atoms with van der Waals surface area (Å²) in [7, 11) is 1.71. The summed E-state index contributed by atoms with van der Waals surface area (Å²) in [5.41, 5.74) is 13.9. The number of pyridine rings is 1. The molecule has 1 aliphatic rings. The molecule has 31 heavy (non-hydrogen) atoms. The number of aryl methyl sites for hydroxylation is 1. The predicted molar refractivity (Wildman–Crippen MR) is 127 cm³/mol. The molecule has 158 valence electrons. The molecule has 0 fully saturated rings. The number of nitrogens with two attached hydrogens (primary N) is 1. The van der Waals surface area contributed by atoms with E-state index in [1.54, 1.807) is 7.11 Å². The Bertz CT molecular complexity index is 1270. The molecule has 0 spiro atoms. The molecule has 5 heteroatoms. The van der Waals surface area contributed by atoms with Gasteiger partial charge < -0.3 is 19.9 Å². The number of anilines is 2. The fourth-order valence-corrected chi connectivity index (χ4v) is 4.71. The second-order valence-electron chi connectivity index (χ2n) is 8.36. The highest BCUT2D eigenvalue weighted by molar-refractivity contribution is 5.95. The molecular weight excluding hydrogens is 384 g/mol. The lowest BCUT2D eigenvalue weighted by molar-refractivity contribution is 0.414. The summed E-state index contributed by atoms with van der Waals surface area (Å²) in [6.07, 6.45) is 1.02. The summed E-state index contributed by atoms with van der Waals surface area (Å²) < 4.78 is 7.81. The predicted octanol–water partition coefficient (Wildman–Crippen LogP) is 4.85. The lowest BCUT2D eigenvalue weighted by Crippen LogP contribution is -2.31. The molecule has 0 unspecified atom stereocenters. The lowest BCUT2D eigenvalue weighted by atomic mass is 10.00. The number of hydrogen-bond acceptors (Lipinski definition) is 4. The smallest absolute Gasteiger partial charge is 0.155 e. The molecule has 0 atom stereocenters. The molecule has 1 aliphatic heterocycles. The highest BCUT2D eigenvalue weighted by Crippen LogP contribution is 2.36. The van der Waals surface area contributed by atoms with E-state index in [1.807, 2.05) is 18.2 Å². The van der Waals surface area contributed by atoms with Gasteiger partial charge in [0.1, 0.15) is 11.6 Å². The van der Waals surface area contributed by atoms with E-state index in [9.17, 15) is 0 Å². The van der Waals surface area contributed by atoms with Crippen molar-refractivity contribution in [1.29, 1.82) is 0 Å². The van der Waals surface area contributed by atoms with E-state index in [4.69, 9.17) is 15.5 Å². The molecule has 0 saturated heterocycles. The van der Waals surface area contributed by atoms with Crippen molar-refractivity contribution < 1.29 is 4.74 Å². The Balaban J connectivity index is 1.64. The minimum absolute atomic E-state index is 0.572. The zero-order valence-electron chi connectivity index (χ0n) is 18.4. The van der Waals surface area contributed by atoms with Crippen molar-refractivity contribution in [1.82, 2.24) is 9.55 Å². The van der Waals surface area contributed by atoms with E-state index in [0.717, 1.165) is 43.1 Å². The minimum Gasteiger partial charge on any atom is -0.497 e. The number of hydrogen-bond donors (Lipinski definition) is 1. The molecule has 3 heterocycles. The number of nitrogens with zero attached hydrogens (tertiary/aromatic N) is 3. The quantitative estimate of drug-likeness (QED) is 0.520. The van der Waals surface area contributed by atoms with Crippen molar-refractivity contribution in [2.75, 3.05) is 24.3 Å². The van der Waals surface area contributed by atoms with E-state index >= 15 is 0 Å². The molecular formula is C26H28N4O. The number of methoxy groups -OCH3 is 1. The molecule has 0 radical (unpaired) electrons. The largest absolute Gasteiger partial charge is 0.497 e. The standard InChI is InChI=1S/C26H28N4O/c1-17-18(2)30(15-19-7-6-10-22(13-19)31-3)25-23(17)14-24(27)28-26(25)29-12-11-20-8-4-5-9-21(20)16-29/h4-10,13-14H,11-12,15-16H2,1-3H3,(H2,27,28). The zero-order valence-corrected chi connectivity index (χ0v) is 18.4. The summed E-state index contributed by atoms with van der Waals surface area (Å²) in [5, 5.41) is 1.18. The van der Waals surface area contributed by atoms with Crippen LogP contribution in [0.2, 0.25) is 0 Å². The third-order valence-corrected chi connectivity index (χ3v) is 6.52. The molecule has 2 aromatic heterocycles. The van der Waals surface area contributed by atoms with E-state index in [1.165, 1.54) is 33.3 Å². The molecule has 2 N–H and O–H groups in total. The molecule has 2 aromatic carbocycles. The van der Waals surface area contributed by atoms with Crippen molar-refractivity contribution in [3.8, 4) is 5.75 Å². The average molecular weight is 413 g/mol. The van der Waals surface area contributed by atoms with Gasteiger partial charge in [0.05, 0.1) is 12.6 Å². The van der Waals surface area contributed by atoms with E-state index in [0.29, 0.717) is 5.82 Å². The summed E-state index contributed by atoms with van der Waals surface area (Å²) in [6, 6.07) is 19.0. The van der Waals surface area contributed by atoms with Crippen LogP contribution in [-0.2, 0) is 19.5 Å². The minimum atomic E-state index is 0.572. The lowest BCUT2D eigenvalue weighted by Gasteiger charge is -2.31. The summed E-state index contributed by atoms with van der Waals surface area (Å²) in [5.74, 6) is 2.42. The number of ether oxygens (including phenoxy) is 1. The van der Waals surface area contributed by atoms with Gasteiger partial charge in [-0.05, 0) is 60.7 Å². The Morgan fingerprint density at radius 2 is 1.84 bits per heavy atom. The average Bonchev–Trinajstić information content (AvgIpc) is 3.03. The summed E-state index contributed by atoms with van der Waals surface area (Å²) in [6.45, 7) is 6.90. The van der Waals surface area contributed by atoms with Crippen LogP contribution in [0.25, 0.3) is 10.9 Å². The van der Waals surface area contributed by atoms with Gasteiger partial charge in [-0.3, -0.25) is 0 Å². The molecule has 5 rings (SSSR count). The van der Waals surface area contributed by atoms with Crippen molar-refractivity contribution in [2.24, 2.45) is 0 Å². The molecule has 0 bridgehead atoms. The van der Waals surface area contributed by atoms with Gasteiger partial charge in [-0.25, -0.2) is 4.98 Å². The summed E-state index contributed by atoms with van der Waals surface area (Å²) in [4.78, 5) is 7.22. The van der Waals surface area contributed by atoms with Crippen LogP contribution in [0, 0.1) is 13.8 Å². The second kappa shape index (κ2) is 7.65. The summed E-state index contributed by atoms with van der Waals surface area (Å²) >= 11 is 0. The van der Waals surface area contributed by atoms with Crippen LogP contribution in [0.1, 0.15) is 27.9 Å². The second-order valence-corrected chi connectivity index (χ2v) is 8.36. The normalized spacial score (nSPS) is 13.5. The van der Waals surface area contributed by atoms with E-state index in [2.05, 4.69) is 59.7 Å². The van der Waals surface area contributed by atoms with Gasteiger partial charge in [-0.2, -0.15) is 0 Å². The number of aromatic nitrogens is 2. The van der Waals surface area contributed by atoms with Crippen LogP contribution in [-0.4, -0.2) is 23.2 Å². The molecule has 4 aromatic rings. The van der Waals surface area contributed by atoms with Gasteiger partial charge in [-0.15, -0.1) is 0 Å². The Kier molecular flexibility index (Phi) is 4.81. The Morgan fingerprint density at radius 3 is 2.65 bits per heavy atom. The Labute approximate surface area is 183 Å². The van der Waals surface area contributed by atoms with E-state index in [-0.39, 0.29) is 0 Å². The third kappa shape index (κ3) is 3.40. The number of nitrogen functional groups attached to an aromatic ring is 1. The van der Waals surface area contributed by atoms with Gasteiger partial charge in [0.25, 0.3) is 0 Å². The van der Waals surface area contributed by atoms with Crippen LogP contribution in [0.3, 0.4) is 0 Å². The van der Waals surface area contributed by atoms with Crippen molar-refractivity contribution in [3.63, 3.8) is 0 Å². The SMILES string of the molecule is COc1cccc(Cn2c(C)c(C)c3cc(N)nc(N4CCc5ccccc5C4)c32)c1. The molecule has 0 saturated carbocycles. The van der Waals surface area contributed by atoms with Crippen molar-refractivity contribution >= 4 is 22.5 Å². The first-order valence-electron chi connectivity index (χ1n) is 10.8. The fourth-order valence-electron chi connectivity index (χ4n) is 4.71. The highest BCUT2D eigenvalue weighted by Gasteiger charge is 2.23. The fraction of sp³-hybridized carbons (Fsp3) is 0.269. The number of rotatable bonds is 4. The molecule has 0 aliphatic carbocycles. The van der Waals surface area contributed by atoms with Gasteiger partial charge in [0.2, 0.25) is 0 Å². The van der Waals surface area contributed by atoms with Crippen molar-refractivity contribution in [3.05, 3.63) is 82.5 Å². The van der Waals surface area contributed by atoms with Crippen LogP contribution >= 0.6 is 0 Å². The molecule has 5 nitrogen and oxygen atoms in total. The van der Waals surface area contributed by atoms with Crippen LogP contribution in [0.15, 0.2) is 54.6 Å². The van der Waals surface area contributed by atoms with Crippen molar-refractivity contribution in [2.45, 2.75) is 33.4 Å². The van der Waals surface area contributed by atoms with Gasteiger partial charge in [0, 0.05) is 30.7 Å². The zero-order chi connectivity index (χ0) is 21.5. The van der Waals surface area contributed by atoms with Gasteiger partial charge >= 0.3 is 0 Å². The van der Waals surface area contributed by atoms with Crippen LogP contribution < -0.4 is 15.4 Å². The van der Waals surface area contributed by atoms with E-state index < -0.39 is 0 Å². The Morgan fingerprint density at radius 1 is 1.03 bits per heavy atom. The first-order chi connectivity index (χ1) is 15.0. The van der Waals surface area contributed by atoms with Crippen LogP contribution in [0.4, 0.5) is 11.6 Å². The monoisotopic (exact) mass is 412 g/mol. The maximum atomic E-state index is 6.28. The highest BCUT2D eigenvalue weighted by atomic mass is 16.5. The molecule has 0 amide bonds. The third-order valence-electron chi connectivity index (χ3n) is 6.52.